The summed E-state index contributed by atoms with van der Waals surface area (Å²) in [6.07, 6.45) is 1.67. The van der Waals surface area contributed by atoms with Gasteiger partial charge in [0.15, 0.2) is 0 Å². The second kappa shape index (κ2) is 3.03. The van der Waals surface area contributed by atoms with Crippen molar-refractivity contribution >= 4 is 32.5 Å². The van der Waals surface area contributed by atoms with Crippen molar-refractivity contribution in [3.63, 3.8) is 0 Å². The Morgan fingerprint density at radius 3 is 2.93 bits per heavy atom. The SMILES string of the molecule is Fc1cccc2ccc3ncc(Br)n3c12. The summed E-state index contributed by atoms with van der Waals surface area (Å²) in [6, 6.07) is 8.77. The Balaban J connectivity index is 2.68. The molecule has 3 aromatic rings. The molecular formula is C11H6BrFN2. The third-order valence-corrected chi connectivity index (χ3v) is 2.96. The molecule has 0 aliphatic heterocycles. The molecule has 1 aromatic carbocycles. The van der Waals surface area contributed by atoms with Crippen LogP contribution in [0.1, 0.15) is 0 Å². The lowest BCUT2D eigenvalue weighted by Crippen LogP contribution is -1.91. The van der Waals surface area contributed by atoms with Gasteiger partial charge in [-0.05, 0) is 34.1 Å². The van der Waals surface area contributed by atoms with Crippen LogP contribution in [-0.2, 0) is 0 Å². The van der Waals surface area contributed by atoms with Crippen molar-refractivity contribution in [2.75, 3.05) is 0 Å². The number of para-hydroxylation sites is 1. The fourth-order valence-corrected chi connectivity index (χ4v) is 2.21. The summed E-state index contributed by atoms with van der Waals surface area (Å²) in [5, 5.41) is 0.862. The van der Waals surface area contributed by atoms with E-state index < -0.39 is 0 Å². The lowest BCUT2D eigenvalue weighted by atomic mass is 10.2. The van der Waals surface area contributed by atoms with E-state index in [2.05, 4.69) is 20.9 Å². The highest BCUT2D eigenvalue weighted by molar-refractivity contribution is 9.10. The molecule has 2 nitrogen and oxygen atoms in total. The molecule has 0 aliphatic carbocycles. The van der Waals surface area contributed by atoms with Gasteiger partial charge in [-0.1, -0.05) is 12.1 Å². The topological polar surface area (TPSA) is 17.3 Å². The van der Waals surface area contributed by atoms with E-state index in [1.165, 1.54) is 6.07 Å². The molecule has 74 valence electrons. The van der Waals surface area contributed by atoms with E-state index >= 15 is 0 Å². The average molecular weight is 265 g/mol. The van der Waals surface area contributed by atoms with Crippen LogP contribution in [0.15, 0.2) is 41.1 Å². The van der Waals surface area contributed by atoms with Crippen molar-refractivity contribution in [1.29, 1.82) is 0 Å². The molecule has 0 fully saturated rings. The maximum Gasteiger partial charge on any atom is 0.147 e. The van der Waals surface area contributed by atoms with E-state index in [0.717, 1.165) is 15.6 Å². The van der Waals surface area contributed by atoms with Crippen molar-refractivity contribution in [3.05, 3.63) is 46.9 Å². The standard InChI is InChI=1S/C11H6BrFN2/c12-9-6-14-10-5-4-7-2-1-3-8(13)11(7)15(9)10/h1-6H. The molecule has 0 saturated heterocycles. The zero-order valence-electron chi connectivity index (χ0n) is 7.61. The predicted octanol–water partition coefficient (Wildman–Crippen LogP) is 3.39. The van der Waals surface area contributed by atoms with Gasteiger partial charge in [-0.15, -0.1) is 0 Å². The third kappa shape index (κ3) is 1.18. The van der Waals surface area contributed by atoms with Crippen molar-refractivity contribution in [2.24, 2.45) is 0 Å². The first-order valence-corrected chi connectivity index (χ1v) is 5.27. The lowest BCUT2D eigenvalue weighted by Gasteiger charge is -2.03. The molecule has 4 heteroatoms. The van der Waals surface area contributed by atoms with Crippen LogP contribution in [0.5, 0.6) is 0 Å². The summed E-state index contributed by atoms with van der Waals surface area (Å²) < 4.78 is 16.2. The molecule has 0 unspecified atom stereocenters. The Labute approximate surface area is 93.5 Å². The van der Waals surface area contributed by atoms with E-state index in [9.17, 15) is 4.39 Å². The van der Waals surface area contributed by atoms with Crippen LogP contribution in [0.25, 0.3) is 16.6 Å². The van der Waals surface area contributed by atoms with Gasteiger partial charge in [-0.3, -0.25) is 4.40 Å². The van der Waals surface area contributed by atoms with Crippen LogP contribution >= 0.6 is 15.9 Å². The van der Waals surface area contributed by atoms with E-state index in [-0.39, 0.29) is 5.82 Å². The Morgan fingerprint density at radius 2 is 2.07 bits per heavy atom. The smallest absolute Gasteiger partial charge is 0.147 e. The third-order valence-electron chi connectivity index (χ3n) is 2.40. The Bertz CT molecular complexity index is 660. The number of hydrogen-bond donors (Lipinski definition) is 0. The van der Waals surface area contributed by atoms with Crippen LogP contribution in [0.4, 0.5) is 4.39 Å². The van der Waals surface area contributed by atoms with Gasteiger partial charge in [-0.2, -0.15) is 0 Å². The monoisotopic (exact) mass is 264 g/mol. The molecule has 0 radical (unpaired) electrons. The summed E-state index contributed by atoms with van der Waals surface area (Å²) in [5.41, 5.74) is 1.29. The quantitative estimate of drug-likeness (QED) is 0.609. The number of imidazole rings is 1. The minimum Gasteiger partial charge on any atom is -0.284 e. The first-order valence-electron chi connectivity index (χ1n) is 4.47. The van der Waals surface area contributed by atoms with Crippen LogP contribution in [-0.4, -0.2) is 9.38 Å². The number of hydrogen-bond acceptors (Lipinski definition) is 1. The number of rotatable bonds is 0. The summed E-state index contributed by atoms with van der Waals surface area (Å²) in [5.74, 6) is -0.239. The van der Waals surface area contributed by atoms with E-state index in [1.54, 1.807) is 16.7 Å². The number of nitrogens with zero attached hydrogens (tertiary/aromatic N) is 2. The van der Waals surface area contributed by atoms with E-state index in [1.807, 2.05) is 18.2 Å². The first kappa shape index (κ1) is 8.85. The lowest BCUT2D eigenvalue weighted by molar-refractivity contribution is 0.635. The molecule has 0 saturated carbocycles. The maximum atomic E-state index is 13.7. The molecule has 3 rings (SSSR count). The number of halogens is 2. The van der Waals surface area contributed by atoms with Crippen molar-refractivity contribution in [3.8, 4) is 0 Å². The van der Waals surface area contributed by atoms with Crippen LogP contribution in [0.3, 0.4) is 0 Å². The average Bonchev–Trinajstić information content (AvgIpc) is 2.61. The van der Waals surface area contributed by atoms with Crippen LogP contribution in [0.2, 0.25) is 0 Å². The zero-order valence-corrected chi connectivity index (χ0v) is 9.20. The van der Waals surface area contributed by atoms with Gasteiger partial charge in [0.05, 0.1) is 11.7 Å². The number of benzene rings is 1. The van der Waals surface area contributed by atoms with Gasteiger partial charge in [0, 0.05) is 5.39 Å². The van der Waals surface area contributed by atoms with E-state index in [0.29, 0.717) is 5.52 Å². The summed E-state index contributed by atoms with van der Waals surface area (Å²) in [7, 11) is 0. The fourth-order valence-electron chi connectivity index (χ4n) is 1.75. The molecule has 2 aromatic heterocycles. The minimum absolute atomic E-state index is 0.239. The van der Waals surface area contributed by atoms with Crippen molar-refractivity contribution in [2.45, 2.75) is 0 Å². The normalized spacial score (nSPS) is 11.3. The second-order valence-corrected chi connectivity index (χ2v) is 4.10. The number of aromatic nitrogens is 2. The van der Waals surface area contributed by atoms with Gasteiger partial charge in [-0.25, -0.2) is 9.37 Å². The van der Waals surface area contributed by atoms with Gasteiger partial charge in [0.2, 0.25) is 0 Å². The van der Waals surface area contributed by atoms with Crippen molar-refractivity contribution < 1.29 is 4.39 Å². The fraction of sp³-hybridized carbons (Fsp3) is 0. The molecule has 0 aliphatic rings. The second-order valence-electron chi connectivity index (χ2n) is 3.29. The molecule has 0 bridgehead atoms. The Kier molecular flexibility index (Phi) is 1.79. The van der Waals surface area contributed by atoms with Gasteiger partial charge < -0.3 is 0 Å². The van der Waals surface area contributed by atoms with Gasteiger partial charge in [0.1, 0.15) is 16.1 Å². The zero-order chi connectivity index (χ0) is 10.4. The molecule has 2 heterocycles. The van der Waals surface area contributed by atoms with Crippen LogP contribution < -0.4 is 0 Å². The van der Waals surface area contributed by atoms with Crippen LogP contribution in [0, 0.1) is 5.82 Å². The van der Waals surface area contributed by atoms with E-state index in [4.69, 9.17) is 0 Å². The molecule has 0 N–H and O–H groups in total. The van der Waals surface area contributed by atoms with Gasteiger partial charge >= 0.3 is 0 Å². The predicted molar refractivity (Wildman–Crippen MR) is 60.4 cm³/mol. The summed E-state index contributed by atoms with van der Waals surface area (Å²) in [4.78, 5) is 4.16. The summed E-state index contributed by atoms with van der Waals surface area (Å²) in [6.45, 7) is 0. The number of pyridine rings is 1. The van der Waals surface area contributed by atoms with Crippen molar-refractivity contribution in [1.82, 2.24) is 9.38 Å². The summed E-state index contributed by atoms with van der Waals surface area (Å²) >= 11 is 3.36. The highest BCUT2D eigenvalue weighted by Crippen LogP contribution is 2.23. The molecule has 15 heavy (non-hydrogen) atoms. The molecule has 0 spiro atoms. The highest BCUT2D eigenvalue weighted by Gasteiger charge is 2.08. The Hall–Kier alpha value is -1.42. The minimum atomic E-state index is -0.239. The number of fused-ring (bicyclic) bond motifs is 3. The first-order chi connectivity index (χ1) is 7.27. The highest BCUT2D eigenvalue weighted by atomic mass is 79.9. The molecule has 0 atom stereocenters. The molecule has 0 amide bonds. The Morgan fingerprint density at radius 1 is 1.20 bits per heavy atom. The largest absolute Gasteiger partial charge is 0.284 e. The maximum absolute atomic E-state index is 13.7. The molecular weight excluding hydrogens is 259 g/mol. The van der Waals surface area contributed by atoms with Gasteiger partial charge in [0.25, 0.3) is 0 Å².